The molecule has 1 aliphatic rings. The maximum absolute atomic E-state index is 10.8. The van der Waals surface area contributed by atoms with Crippen molar-refractivity contribution in [1.82, 2.24) is 9.62 Å². The lowest BCUT2D eigenvalue weighted by Gasteiger charge is -2.24. The van der Waals surface area contributed by atoms with Crippen molar-refractivity contribution in [3.8, 4) is 0 Å². The summed E-state index contributed by atoms with van der Waals surface area (Å²) in [4.78, 5) is 5.59. The SMILES string of the molecule is CN1C=CC=NC1NS(C)(=O)=O. The molecule has 0 fully saturated rings. The van der Waals surface area contributed by atoms with Gasteiger partial charge in [0.05, 0.1) is 6.26 Å². The molecule has 0 aromatic carbocycles. The number of hydrogen-bond donors (Lipinski definition) is 1. The topological polar surface area (TPSA) is 61.8 Å². The lowest BCUT2D eigenvalue weighted by molar-refractivity contribution is 0.319. The minimum absolute atomic E-state index is 0.509. The van der Waals surface area contributed by atoms with Gasteiger partial charge in [-0.15, -0.1) is 0 Å². The van der Waals surface area contributed by atoms with Crippen LogP contribution in [0.4, 0.5) is 0 Å². The van der Waals surface area contributed by atoms with Crippen molar-refractivity contribution < 1.29 is 8.42 Å². The molecule has 68 valence electrons. The van der Waals surface area contributed by atoms with E-state index in [1.807, 2.05) is 0 Å². The standard InChI is InChI=1S/C6H11N3O2S/c1-9-5-3-4-7-6(9)8-12(2,10)11/h3-6,8H,1-2H3. The van der Waals surface area contributed by atoms with Gasteiger partial charge in [0, 0.05) is 19.5 Å². The van der Waals surface area contributed by atoms with Crippen molar-refractivity contribution in [3.63, 3.8) is 0 Å². The zero-order valence-electron chi connectivity index (χ0n) is 6.93. The fourth-order valence-corrected chi connectivity index (χ4v) is 1.41. The fraction of sp³-hybridized carbons (Fsp3) is 0.500. The predicted molar refractivity (Wildman–Crippen MR) is 47.2 cm³/mol. The molecular formula is C6H11N3O2S. The van der Waals surface area contributed by atoms with E-state index in [-0.39, 0.29) is 0 Å². The Bertz CT molecular complexity index is 307. The maximum Gasteiger partial charge on any atom is 0.211 e. The number of allylic oxidation sites excluding steroid dienone is 1. The third-order valence-corrected chi connectivity index (χ3v) is 1.98. The molecule has 1 rings (SSSR count). The van der Waals surface area contributed by atoms with Crippen molar-refractivity contribution in [1.29, 1.82) is 0 Å². The summed E-state index contributed by atoms with van der Waals surface area (Å²) in [6.45, 7) is 0. The zero-order valence-corrected chi connectivity index (χ0v) is 7.75. The fourth-order valence-electron chi connectivity index (χ4n) is 0.797. The van der Waals surface area contributed by atoms with Crippen LogP contribution < -0.4 is 4.72 Å². The van der Waals surface area contributed by atoms with Gasteiger partial charge in [-0.1, -0.05) is 0 Å². The summed E-state index contributed by atoms with van der Waals surface area (Å²) in [5.74, 6) is 0. The highest BCUT2D eigenvalue weighted by atomic mass is 32.2. The summed E-state index contributed by atoms with van der Waals surface area (Å²) < 4.78 is 24.0. The van der Waals surface area contributed by atoms with E-state index in [1.165, 1.54) is 0 Å². The molecule has 0 saturated carbocycles. The van der Waals surface area contributed by atoms with Gasteiger partial charge in [0.15, 0.2) is 6.29 Å². The van der Waals surface area contributed by atoms with Gasteiger partial charge in [-0.3, -0.25) is 4.99 Å². The molecule has 1 aliphatic heterocycles. The zero-order chi connectivity index (χ0) is 9.19. The average Bonchev–Trinajstić information content (AvgIpc) is 1.91. The molecular weight excluding hydrogens is 178 g/mol. The highest BCUT2D eigenvalue weighted by molar-refractivity contribution is 7.88. The number of sulfonamides is 1. The Balaban J connectivity index is 2.66. The highest BCUT2D eigenvalue weighted by Crippen LogP contribution is 2.00. The molecule has 0 saturated heterocycles. The molecule has 1 heterocycles. The highest BCUT2D eigenvalue weighted by Gasteiger charge is 2.15. The van der Waals surface area contributed by atoms with E-state index in [2.05, 4.69) is 9.71 Å². The molecule has 1 N–H and O–H groups in total. The van der Waals surface area contributed by atoms with Gasteiger partial charge in [0.2, 0.25) is 10.0 Å². The number of rotatable bonds is 2. The Morgan fingerprint density at radius 2 is 2.25 bits per heavy atom. The second kappa shape index (κ2) is 3.24. The van der Waals surface area contributed by atoms with E-state index in [4.69, 9.17) is 0 Å². The Morgan fingerprint density at radius 1 is 1.58 bits per heavy atom. The van der Waals surface area contributed by atoms with Gasteiger partial charge in [0.1, 0.15) is 0 Å². The number of nitrogens with zero attached hydrogens (tertiary/aromatic N) is 2. The molecule has 6 heteroatoms. The predicted octanol–water partition coefficient (Wildman–Crippen LogP) is -0.651. The van der Waals surface area contributed by atoms with E-state index in [0.717, 1.165) is 6.26 Å². The summed E-state index contributed by atoms with van der Waals surface area (Å²) >= 11 is 0. The Hall–Kier alpha value is -0.880. The molecule has 0 aromatic rings. The van der Waals surface area contributed by atoms with Crippen LogP contribution in [0.5, 0.6) is 0 Å². The normalized spacial score (nSPS) is 23.2. The molecule has 0 amide bonds. The van der Waals surface area contributed by atoms with Crippen molar-refractivity contribution in [2.75, 3.05) is 13.3 Å². The van der Waals surface area contributed by atoms with Gasteiger partial charge in [-0.05, 0) is 6.08 Å². The molecule has 0 aliphatic carbocycles. The smallest absolute Gasteiger partial charge is 0.211 e. The van der Waals surface area contributed by atoms with Crippen LogP contribution in [-0.4, -0.2) is 39.1 Å². The van der Waals surface area contributed by atoms with E-state index in [0.29, 0.717) is 0 Å². The Kier molecular flexibility index (Phi) is 2.49. The number of aliphatic imine (C=N–C) groups is 1. The molecule has 0 bridgehead atoms. The average molecular weight is 189 g/mol. The second-order valence-electron chi connectivity index (χ2n) is 2.57. The molecule has 1 unspecified atom stereocenters. The minimum atomic E-state index is -3.20. The molecule has 0 aromatic heterocycles. The first-order valence-electron chi connectivity index (χ1n) is 3.38. The molecule has 1 atom stereocenters. The first kappa shape index (κ1) is 9.21. The summed E-state index contributed by atoms with van der Waals surface area (Å²) in [5.41, 5.74) is 0. The lowest BCUT2D eigenvalue weighted by atomic mass is 10.5. The third kappa shape index (κ3) is 2.63. The Morgan fingerprint density at radius 3 is 2.75 bits per heavy atom. The van der Waals surface area contributed by atoms with Crippen LogP contribution >= 0.6 is 0 Å². The summed E-state index contributed by atoms with van der Waals surface area (Å²) in [5, 5.41) is 0. The summed E-state index contributed by atoms with van der Waals surface area (Å²) in [7, 11) is -1.45. The molecule has 12 heavy (non-hydrogen) atoms. The molecule has 0 radical (unpaired) electrons. The van der Waals surface area contributed by atoms with Gasteiger partial charge in [-0.25, -0.2) is 8.42 Å². The largest absolute Gasteiger partial charge is 0.346 e. The van der Waals surface area contributed by atoms with E-state index in [1.54, 1.807) is 30.4 Å². The van der Waals surface area contributed by atoms with Crippen LogP contribution in [0.2, 0.25) is 0 Å². The van der Waals surface area contributed by atoms with Crippen LogP contribution in [0.25, 0.3) is 0 Å². The van der Waals surface area contributed by atoms with Crippen LogP contribution in [0.1, 0.15) is 0 Å². The van der Waals surface area contributed by atoms with Crippen LogP contribution in [0.15, 0.2) is 17.3 Å². The molecule has 0 spiro atoms. The van der Waals surface area contributed by atoms with Crippen molar-refractivity contribution in [2.45, 2.75) is 6.29 Å². The van der Waals surface area contributed by atoms with Crippen LogP contribution in [-0.2, 0) is 10.0 Å². The first-order chi connectivity index (χ1) is 5.49. The van der Waals surface area contributed by atoms with Gasteiger partial charge >= 0.3 is 0 Å². The van der Waals surface area contributed by atoms with Crippen molar-refractivity contribution >= 4 is 16.2 Å². The van der Waals surface area contributed by atoms with Crippen molar-refractivity contribution in [3.05, 3.63) is 12.3 Å². The minimum Gasteiger partial charge on any atom is -0.346 e. The Labute approximate surface area is 71.8 Å². The molecule has 5 nitrogen and oxygen atoms in total. The van der Waals surface area contributed by atoms with E-state index >= 15 is 0 Å². The lowest BCUT2D eigenvalue weighted by Crippen LogP contribution is -2.43. The summed E-state index contributed by atoms with van der Waals surface area (Å²) in [6.07, 6.45) is 5.64. The van der Waals surface area contributed by atoms with E-state index < -0.39 is 16.3 Å². The third-order valence-electron chi connectivity index (χ3n) is 1.34. The van der Waals surface area contributed by atoms with Crippen molar-refractivity contribution in [2.24, 2.45) is 4.99 Å². The second-order valence-corrected chi connectivity index (χ2v) is 4.35. The maximum atomic E-state index is 10.8. The summed E-state index contributed by atoms with van der Waals surface area (Å²) in [6, 6.07) is 0. The first-order valence-corrected chi connectivity index (χ1v) is 5.27. The van der Waals surface area contributed by atoms with E-state index in [9.17, 15) is 8.42 Å². The number of nitrogens with one attached hydrogen (secondary N) is 1. The quantitative estimate of drug-likeness (QED) is 0.628. The van der Waals surface area contributed by atoms with Gasteiger partial charge < -0.3 is 4.90 Å². The van der Waals surface area contributed by atoms with Crippen LogP contribution in [0.3, 0.4) is 0 Å². The number of hydrogen-bond acceptors (Lipinski definition) is 4. The van der Waals surface area contributed by atoms with Gasteiger partial charge in [-0.2, -0.15) is 4.72 Å². The van der Waals surface area contributed by atoms with Gasteiger partial charge in [0.25, 0.3) is 0 Å². The monoisotopic (exact) mass is 189 g/mol. The van der Waals surface area contributed by atoms with Crippen LogP contribution in [0, 0.1) is 0 Å².